The molecule has 2 fully saturated rings. The summed E-state index contributed by atoms with van der Waals surface area (Å²) in [6.45, 7) is 17.2. The third-order valence-corrected chi connectivity index (χ3v) is 7.09. The topological polar surface area (TPSA) is 84.9 Å². The van der Waals surface area contributed by atoms with Gasteiger partial charge in [0.1, 0.15) is 12.4 Å². The molecule has 30 heavy (non-hydrogen) atoms. The Morgan fingerprint density at radius 3 is 2.57 bits per heavy atom. The van der Waals surface area contributed by atoms with Crippen molar-refractivity contribution < 1.29 is 23.5 Å². The fourth-order valence-electron chi connectivity index (χ4n) is 4.40. The lowest BCUT2D eigenvalue weighted by Gasteiger charge is -2.46. The smallest absolute Gasteiger partial charge is 0.410 e. The lowest BCUT2D eigenvalue weighted by Crippen LogP contribution is -2.64. The van der Waals surface area contributed by atoms with Crippen LogP contribution < -0.4 is 5.32 Å². The van der Waals surface area contributed by atoms with Crippen LogP contribution in [0.25, 0.3) is 0 Å². The van der Waals surface area contributed by atoms with E-state index in [0.717, 1.165) is 0 Å². The quantitative estimate of drug-likeness (QED) is 0.340. The minimum Gasteiger partial charge on any atom is -0.445 e. The molecule has 0 aromatic heterocycles. The first-order chi connectivity index (χ1) is 14.0. The molecule has 2 rings (SSSR count). The first-order valence-electron chi connectivity index (χ1n) is 10.9. The molecule has 2 aliphatic rings. The molecule has 1 unspecified atom stereocenters. The van der Waals surface area contributed by atoms with Gasteiger partial charge < -0.3 is 19.4 Å². The van der Waals surface area contributed by atoms with Crippen LogP contribution in [0.1, 0.15) is 40.5 Å². The fourth-order valence-corrected chi connectivity index (χ4v) is 4.99. The van der Waals surface area contributed by atoms with Gasteiger partial charge in [0, 0.05) is 37.6 Å². The predicted octanol–water partition coefficient (Wildman–Crippen LogP) is 2.76. The Labute approximate surface area is 182 Å². The van der Waals surface area contributed by atoms with Crippen molar-refractivity contribution in [3.8, 4) is 0 Å². The summed E-state index contributed by atoms with van der Waals surface area (Å²) in [5, 5.41) is 2.94. The van der Waals surface area contributed by atoms with Crippen LogP contribution in [0.2, 0.25) is 13.1 Å². The SMILES string of the molecule is C=CCOC(=O)N1CC(C(=O)C[C@H]2NC(=O)[C@H]2[C@@H](CO[SiH](C)C)C(C)(C)C)C[C@H]1C. The van der Waals surface area contributed by atoms with Crippen LogP contribution in [-0.2, 0) is 18.8 Å². The molecule has 0 saturated carbocycles. The van der Waals surface area contributed by atoms with E-state index in [1.165, 1.54) is 6.08 Å². The maximum atomic E-state index is 13.0. The number of nitrogens with one attached hydrogen (secondary N) is 1. The highest BCUT2D eigenvalue weighted by atomic mass is 28.3. The minimum absolute atomic E-state index is 0.0103. The number of hydrogen-bond donors (Lipinski definition) is 1. The van der Waals surface area contributed by atoms with Crippen molar-refractivity contribution in [1.29, 1.82) is 0 Å². The van der Waals surface area contributed by atoms with Crippen molar-refractivity contribution in [2.75, 3.05) is 19.8 Å². The summed E-state index contributed by atoms with van der Waals surface area (Å²) in [4.78, 5) is 39.2. The van der Waals surface area contributed by atoms with Gasteiger partial charge in [0.25, 0.3) is 0 Å². The minimum atomic E-state index is -1.20. The van der Waals surface area contributed by atoms with Crippen LogP contribution in [0.5, 0.6) is 0 Å². The number of likely N-dealkylation sites (tertiary alicyclic amines) is 1. The van der Waals surface area contributed by atoms with E-state index in [1.807, 2.05) is 6.92 Å². The van der Waals surface area contributed by atoms with Crippen LogP contribution in [0.3, 0.4) is 0 Å². The van der Waals surface area contributed by atoms with Crippen LogP contribution in [0.15, 0.2) is 12.7 Å². The molecule has 170 valence electrons. The number of carbonyl (C=O) groups is 3. The zero-order chi connectivity index (χ0) is 22.6. The molecule has 0 aromatic carbocycles. The van der Waals surface area contributed by atoms with Gasteiger partial charge in [-0.2, -0.15) is 0 Å². The lowest BCUT2D eigenvalue weighted by molar-refractivity contribution is -0.143. The molecule has 0 spiro atoms. The monoisotopic (exact) mass is 438 g/mol. The summed E-state index contributed by atoms with van der Waals surface area (Å²) < 4.78 is 11.1. The van der Waals surface area contributed by atoms with E-state index in [4.69, 9.17) is 9.16 Å². The molecule has 2 amide bonds. The van der Waals surface area contributed by atoms with Crippen LogP contribution in [0.4, 0.5) is 4.79 Å². The zero-order valence-electron chi connectivity index (χ0n) is 19.3. The number of Topliss-reactive ketones (excluding diaryl/α,β-unsaturated/α-hetero) is 1. The Kier molecular flexibility index (Phi) is 8.27. The largest absolute Gasteiger partial charge is 0.445 e. The standard InChI is InChI=1S/C22H38N2O5Si/c1-8-9-28-21(27)24-12-15(10-14(24)2)18(25)11-17-19(20(26)23-17)16(22(3,4)5)13-29-30(6)7/h8,14-17,19,30H,1,9-13H2,2-7H3,(H,23,26)/t14-,15?,16-,17-,19+/m1/s1. The van der Waals surface area contributed by atoms with Gasteiger partial charge in [-0.25, -0.2) is 4.79 Å². The predicted molar refractivity (Wildman–Crippen MR) is 119 cm³/mol. The fraction of sp³-hybridized carbons (Fsp3) is 0.773. The highest BCUT2D eigenvalue weighted by molar-refractivity contribution is 6.48. The van der Waals surface area contributed by atoms with Gasteiger partial charge in [0.05, 0.1) is 5.92 Å². The summed E-state index contributed by atoms with van der Waals surface area (Å²) in [7, 11) is -1.20. The van der Waals surface area contributed by atoms with Crippen molar-refractivity contribution in [3.63, 3.8) is 0 Å². The highest BCUT2D eigenvalue weighted by Crippen LogP contribution is 2.39. The van der Waals surface area contributed by atoms with Gasteiger partial charge in [-0.05, 0) is 37.8 Å². The number of ether oxygens (including phenoxy) is 1. The van der Waals surface area contributed by atoms with Gasteiger partial charge in [0.2, 0.25) is 5.91 Å². The normalized spacial score (nSPS) is 27.4. The van der Waals surface area contributed by atoms with E-state index >= 15 is 0 Å². The summed E-state index contributed by atoms with van der Waals surface area (Å²) >= 11 is 0. The maximum Gasteiger partial charge on any atom is 0.410 e. The molecule has 0 bridgehead atoms. The van der Waals surface area contributed by atoms with Crippen LogP contribution in [-0.4, -0.2) is 63.6 Å². The van der Waals surface area contributed by atoms with E-state index in [1.54, 1.807) is 4.90 Å². The third-order valence-electron chi connectivity index (χ3n) is 6.23. The van der Waals surface area contributed by atoms with Crippen molar-refractivity contribution in [2.24, 2.45) is 23.2 Å². The van der Waals surface area contributed by atoms with Gasteiger partial charge in [-0.1, -0.05) is 33.4 Å². The lowest BCUT2D eigenvalue weighted by atomic mass is 9.66. The molecular formula is C22H38N2O5Si. The number of nitrogens with zero attached hydrogens (tertiary/aromatic N) is 1. The van der Waals surface area contributed by atoms with E-state index in [2.05, 4.69) is 45.8 Å². The van der Waals surface area contributed by atoms with Crippen molar-refractivity contribution in [3.05, 3.63) is 12.7 Å². The summed E-state index contributed by atoms with van der Waals surface area (Å²) in [5.74, 6) is -0.262. The second-order valence-electron chi connectivity index (χ2n) is 9.97. The second-order valence-corrected chi connectivity index (χ2v) is 12.4. The van der Waals surface area contributed by atoms with E-state index in [-0.39, 0.29) is 53.5 Å². The molecule has 0 aromatic rings. The van der Waals surface area contributed by atoms with Crippen LogP contribution in [0, 0.1) is 23.2 Å². The number of rotatable bonds is 9. The van der Waals surface area contributed by atoms with E-state index < -0.39 is 15.1 Å². The Morgan fingerprint density at radius 1 is 1.37 bits per heavy atom. The Bertz CT molecular complexity index is 660. The molecule has 2 saturated heterocycles. The Morgan fingerprint density at radius 2 is 2.03 bits per heavy atom. The Balaban J connectivity index is 1.99. The average molecular weight is 439 g/mol. The number of carbonyl (C=O) groups excluding carboxylic acids is 3. The summed E-state index contributed by atoms with van der Waals surface area (Å²) in [6, 6.07) is -0.210. The number of β-lactam (4-membered cyclic amide) rings is 1. The first kappa shape index (κ1) is 24.6. The van der Waals surface area contributed by atoms with Gasteiger partial charge >= 0.3 is 6.09 Å². The third kappa shape index (κ3) is 5.94. The van der Waals surface area contributed by atoms with Gasteiger partial charge in [-0.15, -0.1) is 0 Å². The molecule has 2 heterocycles. The number of ketones is 1. The number of amides is 2. The number of hydrogen-bond acceptors (Lipinski definition) is 5. The first-order valence-corrected chi connectivity index (χ1v) is 13.7. The van der Waals surface area contributed by atoms with Gasteiger partial charge in [0.15, 0.2) is 9.04 Å². The molecule has 0 radical (unpaired) electrons. The second kappa shape index (κ2) is 10.1. The molecule has 5 atom stereocenters. The molecule has 2 aliphatic heterocycles. The molecule has 0 aliphatic carbocycles. The Hall–Kier alpha value is -1.67. The highest BCUT2D eigenvalue weighted by Gasteiger charge is 2.50. The summed E-state index contributed by atoms with van der Waals surface area (Å²) in [5.41, 5.74) is -0.0966. The molecule has 1 N–H and O–H groups in total. The molecular weight excluding hydrogens is 400 g/mol. The van der Waals surface area contributed by atoms with E-state index in [0.29, 0.717) is 26.0 Å². The molecule has 8 heteroatoms. The molecule has 7 nitrogen and oxygen atoms in total. The van der Waals surface area contributed by atoms with Crippen molar-refractivity contribution in [2.45, 2.75) is 65.7 Å². The van der Waals surface area contributed by atoms with E-state index in [9.17, 15) is 14.4 Å². The van der Waals surface area contributed by atoms with Crippen LogP contribution >= 0.6 is 0 Å². The van der Waals surface area contributed by atoms with Crippen molar-refractivity contribution in [1.82, 2.24) is 10.2 Å². The average Bonchev–Trinajstić information content (AvgIpc) is 3.03. The zero-order valence-corrected chi connectivity index (χ0v) is 20.4. The van der Waals surface area contributed by atoms with Crippen molar-refractivity contribution >= 4 is 26.8 Å². The maximum absolute atomic E-state index is 13.0. The summed E-state index contributed by atoms with van der Waals surface area (Å²) in [6.07, 6.45) is 2.04. The van der Waals surface area contributed by atoms with Gasteiger partial charge in [-0.3, -0.25) is 9.59 Å².